The zero-order valence-corrected chi connectivity index (χ0v) is 27.7. The molecule has 2 aliphatic heterocycles. The molecule has 236 valence electrons. The number of fused-ring (bicyclic) bond motifs is 1. The SMILES string of the molecule is C=CCO[C@H]1O[C@H](CO[Si](c2ccccc2)(c2ccccc2)C(C)(C)C)[C@@H]2OC(C)(C)O[C@@H]2[C@H]1OCc1ccc(OC)cc1. The van der Waals surface area contributed by atoms with Gasteiger partial charge in [0.05, 0.1) is 26.9 Å². The van der Waals surface area contributed by atoms with Crippen LogP contribution in [0.15, 0.2) is 97.6 Å². The quantitative estimate of drug-likeness (QED) is 0.193. The fourth-order valence-corrected chi connectivity index (χ4v) is 10.9. The molecule has 3 aromatic rings. The van der Waals surface area contributed by atoms with Crippen LogP contribution in [0.25, 0.3) is 0 Å². The topological polar surface area (TPSA) is 64.6 Å². The largest absolute Gasteiger partial charge is 0.497 e. The van der Waals surface area contributed by atoms with E-state index in [0.717, 1.165) is 11.3 Å². The van der Waals surface area contributed by atoms with Gasteiger partial charge in [-0.05, 0) is 47.0 Å². The molecule has 0 saturated carbocycles. The van der Waals surface area contributed by atoms with Gasteiger partial charge in [-0.1, -0.05) is 99.6 Å². The lowest BCUT2D eigenvalue weighted by Gasteiger charge is -2.46. The van der Waals surface area contributed by atoms with Gasteiger partial charge in [-0.15, -0.1) is 6.58 Å². The molecule has 8 heteroatoms. The zero-order chi connectivity index (χ0) is 31.4. The third kappa shape index (κ3) is 6.87. The molecule has 0 bridgehead atoms. The van der Waals surface area contributed by atoms with Crippen LogP contribution in [0.3, 0.4) is 0 Å². The molecule has 0 spiro atoms. The summed E-state index contributed by atoms with van der Waals surface area (Å²) >= 11 is 0. The van der Waals surface area contributed by atoms with Crippen LogP contribution in [-0.4, -0.2) is 65.1 Å². The maximum atomic E-state index is 7.27. The van der Waals surface area contributed by atoms with Crippen molar-refractivity contribution in [2.45, 2.75) is 82.8 Å². The third-order valence-electron chi connectivity index (χ3n) is 8.29. The Kier molecular flexibility index (Phi) is 10.1. The maximum absolute atomic E-state index is 7.27. The summed E-state index contributed by atoms with van der Waals surface area (Å²) in [4.78, 5) is 0. The van der Waals surface area contributed by atoms with E-state index in [2.05, 4.69) is 75.9 Å². The van der Waals surface area contributed by atoms with Crippen molar-refractivity contribution in [3.05, 3.63) is 103 Å². The minimum Gasteiger partial charge on any atom is -0.497 e. The van der Waals surface area contributed by atoms with E-state index in [-0.39, 0.29) is 5.04 Å². The highest BCUT2D eigenvalue weighted by molar-refractivity contribution is 6.99. The van der Waals surface area contributed by atoms with Crippen LogP contribution in [0.4, 0.5) is 0 Å². The molecule has 0 amide bonds. The van der Waals surface area contributed by atoms with Gasteiger partial charge in [-0.2, -0.15) is 0 Å². The molecule has 0 aliphatic carbocycles. The minimum atomic E-state index is -2.82. The summed E-state index contributed by atoms with van der Waals surface area (Å²) in [6.45, 7) is 15.4. The predicted molar refractivity (Wildman–Crippen MR) is 174 cm³/mol. The Balaban J connectivity index is 1.45. The summed E-state index contributed by atoms with van der Waals surface area (Å²) in [5.41, 5.74) is 1.00. The van der Waals surface area contributed by atoms with Gasteiger partial charge in [0.15, 0.2) is 12.1 Å². The molecule has 2 fully saturated rings. The first-order valence-electron chi connectivity index (χ1n) is 15.3. The Labute approximate surface area is 263 Å². The second-order valence-electron chi connectivity index (χ2n) is 12.8. The molecule has 7 nitrogen and oxygen atoms in total. The first kappa shape index (κ1) is 32.6. The van der Waals surface area contributed by atoms with Gasteiger partial charge in [0, 0.05) is 0 Å². The molecule has 5 atom stereocenters. The van der Waals surface area contributed by atoms with Crippen molar-refractivity contribution in [2.75, 3.05) is 20.3 Å². The highest BCUT2D eigenvalue weighted by Crippen LogP contribution is 2.41. The summed E-state index contributed by atoms with van der Waals surface area (Å²) in [6.07, 6.45) is -0.850. The third-order valence-corrected chi connectivity index (χ3v) is 13.3. The van der Waals surface area contributed by atoms with Crippen LogP contribution in [-0.2, 0) is 34.7 Å². The summed E-state index contributed by atoms with van der Waals surface area (Å²) in [7, 11) is -1.17. The number of rotatable bonds is 12. The van der Waals surface area contributed by atoms with Crippen molar-refractivity contribution in [1.82, 2.24) is 0 Å². The van der Waals surface area contributed by atoms with E-state index in [1.807, 2.05) is 50.2 Å². The van der Waals surface area contributed by atoms with Gasteiger partial charge in [0.2, 0.25) is 0 Å². The monoisotopic (exact) mass is 618 g/mol. The van der Waals surface area contributed by atoms with Crippen molar-refractivity contribution < 1.29 is 32.8 Å². The van der Waals surface area contributed by atoms with Gasteiger partial charge in [0.1, 0.15) is 30.2 Å². The lowest BCUT2D eigenvalue weighted by atomic mass is 9.99. The fourth-order valence-electron chi connectivity index (χ4n) is 6.33. The molecule has 0 N–H and O–H groups in total. The maximum Gasteiger partial charge on any atom is 0.261 e. The highest BCUT2D eigenvalue weighted by Gasteiger charge is 2.58. The molecule has 2 saturated heterocycles. The van der Waals surface area contributed by atoms with Crippen LogP contribution in [0.1, 0.15) is 40.2 Å². The van der Waals surface area contributed by atoms with Crippen molar-refractivity contribution in [2.24, 2.45) is 0 Å². The van der Waals surface area contributed by atoms with Crippen LogP contribution >= 0.6 is 0 Å². The van der Waals surface area contributed by atoms with Crippen molar-refractivity contribution >= 4 is 18.7 Å². The summed E-state index contributed by atoms with van der Waals surface area (Å²) < 4.78 is 44.9. The van der Waals surface area contributed by atoms with E-state index < -0.39 is 44.8 Å². The van der Waals surface area contributed by atoms with Gasteiger partial charge in [-0.25, -0.2) is 0 Å². The van der Waals surface area contributed by atoms with E-state index in [0.29, 0.717) is 19.8 Å². The second kappa shape index (κ2) is 13.7. The second-order valence-corrected chi connectivity index (χ2v) is 17.1. The summed E-state index contributed by atoms with van der Waals surface area (Å²) in [5.74, 6) is -0.0383. The van der Waals surface area contributed by atoms with Crippen molar-refractivity contribution in [3.63, 3.8) is 0 Å². The number of methoxy groups -OCH3 is 1. The predicted octanol–water partition coefficient (Wildman–Crippen LogP) is 5.60. The average Bonchev–Trinajstić information content (AvgIpc) is 3.35. The molecule has 3 aromatic carbocycles. The van der Waals surface area contributed by atoms with E-state index in [9.17, 15) is 0 Å². The Morgan fingerprint density at radius 2 is 1.43 bits per heavy atom. The molecule has 2 aliphatic rings. The van der Waals surface area contributed by atoms with Crippen LogP contribution in [0.5, 0.6) is 5.75 Å². The highest BCUT2D eigenvalue weighted by atomic mass is 28.4. The molecule has 5 rings (SSSR count). The normalized spacial score (nSPS) is 24.9. The Bertz CT molecular complexity index is 1300. The average molecular weight is 619 g/mol. The van der Waals surface area contributed by atoms with Crippen molar-refractivity contribution in [1.29, 1.82) is 0 Å². The fraction of sp³-hybridized carbons (Fsp3) is 0.444. The number of ether oxygens (including phenoxy) is 6. The van der Waals surface area contributed by atoms with Crippen LogP contribution < -0.4 is 15.1 Å². The van der Waals surface area contributed by atoms with Crippen molar-refractivity contribution in [3.8, 4) is 5.75 Å². The zero-order valence-electron chi connectivity index (χ0n) is 26.7. The van der Waals surface area contributed by atoms with Gasteiger partial charge >= 0.3 is 0 Å². The first-order valence-corrected chi connectivity index (χ1v) is 17.2. The van der Waals surface area contributed by atoms with Gasteiger partial charge < -0.3 is 32.8 Å². The minimum absolute atomic E-state index is 0.182. The molecular formula is C36H46O7Si. The number of hydrogen-bond acceptors (Lipinski definition) is 7. The molecule has 0 unspecified atom stereocenters. The number of hydrogen-bond donors (Lipinski definition) is 0. The van der Waals surface area contributed by atoms with E-state index in [1.54, 1.807) is 13.2 Å². The van der Waals surface area contributed by atoms with Crippen LogP contribution in [0, 0.1) is 0 Å². The number of benzene rings is 3. The molecule has 44 heavy (non-hydrogen) atoms. The van der Waals surface area contributed by atoms with E-state index in [1.165, 1.54) is 10.4 Å². The van der Waals surface area contributed by atoms with Gasteiger partial charge in [-0.3, -0.25) is 0 Å². The smallest absolute Gasteiger partial charge is 0.261 e. The standard InChI is InChI=1S/C36H46O7Si/c1-8-23-38-34-33(39-24-26-19-21-27(37-7)22-20-26)32-31(42-36(5,6)43-32)30(41-34)25-40-44(35(2,3)4,28-15-11-9-12-16-28)29-17-13-10-14-18-29/h8-22,30-34H,1,23-25H2,2-7H3/t30-,31+,32+,33-,34+/m1/s1. The van der Waals surface area contributed by atoms with Gasteiger partial charge in [0.25, 0.3) is 8.32 Å². The molecule has 0 aromatic heterocycles. The molecular weight excluding hydrogens is 572 g/mol. The van der Waals surface area contributed by atoms with Crippen LogP contribution in [0.2, 0.25) is 5.04 Å². The lowest BCUT2D eigenvalue weighted by molar-refractivity contribution is -0.290. The Morgan fingerprint density at radius 1 is 0.841 bits per heavy atom. The van der Waals surface area contributed by atoms with E-state index >= 15 is 0 Å². The summed E-state index contributed by atoms with van der Waals surface area (Å²) in [6, 6.07) is 29.0. The molecule has 0 radical (unpaired) electrons. The first-order chi connectivity index (χ1) is 21.1. The lowest BCUT2D eigenvalue weighted by Crippen LogP contribution is -2.68. The van der Waals surface area contributed by atoms with E-state index in [4.69, 9.17) is 32.8 Å². The Morgan fingerprint density at radius 3 is 1.98 bits per heavy atom. The summed E-state index contributed by atoms with van der Waals surface area (Å²) in [5, 5.41) is 2.23. The molecule has 2 heterocycles. The Hall–Kier alpha value is -2.82.